The van der Waals surface area contributed by atoms with E-state index in [9.17, 15) is 27.6 Å². The van der Waals surface area contributed by atoms with Crippen LogP contribution in [0.2, 0.25) is 5.02 Å². The van der Waals surface area contributed by atoms with Gasteiger partial charge in [-0.2, -0.15) is 13.2 Å². The van der Waals surface area contributed by atoms with E-state index < -0.39 is 47.6 Å². The molecule has 5 rings (SSSR count). The van der Waals surface area contributed by atoms with Gasteiger partial charge in [0.15, 0.2) is 6.10 Å². The van der Waals surface area contributed by atoms with E-state index in [0.717, 1.165) is 17.0 Å². The number of alkyl halides is 3. The van der Waals surface area contributed by atoms with Crippen LogP contribution in [0.15, 0.2) is 72.8 Å². The molecule has 3 aromatic rings. The zero-order valence-electron chi connectivity index (χ0n) is 19.1. The fraction of sp³-hybridized carbons (Fsp3) is 0.192. The molecule has 7 nitrogen and oxygen atoms in total. The van der Waals surface area contributed by atoms with Gasteiger partial charge < -0.3 is 4.74 Å². The Labute approximate surface area is 213 Å². The van der Waals surface area contributed by atoms with Crippen molar-refractivity contribution in [1.82, 2.24) is 0 Å². The summed E-state index contributed by atoms with van der Waals surface area (Å²) in [6, 6.07) is 15.6. The number of amides is 2. The Hall–Kier alpha value is -3.89. The predicted octanol–water partition coefficient (Wildman–Crippen LogP) is 5.20. The number of halogens is 4. The molecule has 0 radical (unpaired) electrons. The number of rotatable bonds is 4. The molecule has 11 heteroatoms. The van der Waals surface area contributed by atoms with Crippen LogP contribution in [0, 0.1) is 5.92 Å². The minimum absolute atomic E-state index is 0.227. The van der Waals surface area contributed by atoms with Crippen LogP contribution in [-0.2, 0) is 25.3 Å². The fourth-order valence-corrected chi connectivity index (χ4v) is 4.68. The smallest absolute Gasteiger partial charge is 0.416 e. The maximum Gasteiger partial charge on any atom is 0.416 e. The summed E-state index contributed by atoms with van der Waals surface area (Å²) < 4.78 is 44.2. The van der Waals surface area contributed by atoms with Crippen molar-refractivity contribution >= 4 is 40.8 Å². The second-order valence-electron chi connectivity index (χ2n) is 8.47. The van der Waals surface area contributed by atoms with E-state index in [2.05, 4.69) is 4.74 Å². The largest absolute Gasteiger partial charge is 0.465 e. The highest BCUT2D eigenvalue weighted by atomic mass is 35.5. The highest BCUT2D eigenvalue weighted by Crippen LogP contribution is 2.48. The maximum atomic E-state index is 13.6. The Morgan fingerprint density at radius 1 is 0.892 bits per heavy atom. The number of methoxy groups -OCH3 is 1. The third-order valence-corrected chi connectivity index (χ3v) is 6.57. The first-order valence-electron chi connectivity index (χ1n) is 11.0. The zero-order chi connectivity index (χ0) is 26.5. The first-order valence-corrected chi connectivity index (χ1v) is 11.4. The summed E-state index contributed by atoms with van der Waals surface area (Å²) in [6.07, 6.45) is -5.74. The number of anilines is 2. The van der Waals surface area contributed by atoms with Crippen molar-refractivity contribution in [3.05, 3.63) is 94.5 Å². The van der Waals surface area contributed by atoms with E-state index in [1.165, 1.54) is 48.6 Å². The lowest BCUT2D eigenvalue weighted by Gasteiger charge is -2.29. The van der Waals surface area contributed by atoms with Crippen LogP contribution >= 0.6 is 11.6 Å². The van der Waals surface area contributed by atoms with Crippen LogP contribution in [-0.4, -0.2) is 31.0 Å². The first-order chi connectivity index (χ1) is 17.6. The Morgan fingerprint density at radius 3 is 2.05 bits per heavy atom. The molecule has 0 aliphatic carbocycles. The van der Waals surface area contributed by atoms with Crippen molar-refractivity contribution in [3.63, 3.8) is 0 Å². The van der Waals surface area contributed by atoms with E-state index in [4.69, 9.17) is 16.4 Å². The minimum Gasteiger partial charge on any atom is -0.465 e. The molecule has 0 spiro atoms. The Morgan fingerprint density at radius 2 is 1.49 bits per heavy atom. The Bertz CT molecular complexity index is 1360. The van der Waals surface area contributed by atoms with Crippen LogP contribution in [0.3, 0.4) is 0 Å². The van der Waals surface area contributed by atoms with Gasteiger partial charge in [-0.3, -0.25) is 14.4 Å². The molecule has 2 fully saturated rings. The average molecular weight is 531 g/mol. The molecule has 190 valence electrons. The topological polar surface area (TPSA) is 76.2 Å². The summed E-state index contributed by atoms with van der Waals surface area (Å²) in [7, 11) is 1.23. The number of hydroxylamine groups is 1. The lowest BCUT2D eigenvalue weighted by molar-refractivity contribution is -0.137. The minimum atomic E-state index is -4.53. The monoisotopic (exact) mass is 530 g/mol. The highest BCUT2D eigenvalue weighted by Gasteiger charge is 2.60. The predicted molar refractivity (Wildman–Crippen MR) is 127 cm³/mol. The molecule has 2 amide bonds. The van der Waals surface area contributed by atoms with Crippen LogP contribution < -0.4 is 9.96 Å². The molecule has 3 aromatic carbocycles. The molecule has 2 saturated heterocycles. The number of carbonyl (C=O) groups is 3. The van der Waals surface area contributed by atoms with Gasteiger partial charge in [0.05, 0.1) is 35.7 Å². The molecular weight excluding hydrogens is 513 g/mol. The standard InChI is InChI=1S/C26H18ClF3N2O5/c1-36-25(35)15-4-10-18(11-5-15)31-23(33)20-21(14-2-6-16(7-3-14)26(28,29)30)32(37-22(20)24(31)34)19-12-8-17(27)9-13-19/h2-13,20-22H,1H3/t20-,21+,22-/m1/s1. The number of fused-ring (bicyclic) bond motifs is 1. The first kappa shape index (κ1) is 24.8. The summed E-state index contributed by atoms with van der Waals surface area (Å²) in [5, 5.41) is 1.81. The number of benzene rings is 3. The van der Waals surface area contributed by atoms with Gasteiger partial charge in [0.1, 0.15) is 5.92 Å². The lowest BCUT2D eigenvalue weighted by Crippen LogP contribution is -2.37. The number of hydrogen-bond donors (Lipinski definition) is 0. The molecule has 3 atom stereocenters. The van der Waals surface area contributed by atoms with Crippen LogP contribution in [0.5, 0.6) is 0 Å². The second-order valence-corrected chi connectivity index (χ2v) is 8.91. The van der Waals surface area contributed by atoms with Crippen LogP contribution in [0.4, 0.5) is 24.5 Å². The van der Waals surface area contributed by atoms with Gasteiger partial charge in [-0.15, -0.1) is 0 Å². The molecule has 0 saturated carbocycles. The zero-order valence-corrected chi connectivity index (χ0v) is 19.9. The van der Waals surface area contributed by atoms with Crippen LogP contribution in [0.25, 0.3) is 0 Å². The quantitative estimate of drug-likeness (QED) is 0.341. The average Bonchev–Trinajstić information content (AvgIpc) is 3.39. The molecule has 2 aliphatic heterocycles. The van der Waals surface area contributed by atoms with Crippen molar-refractivity contribution in [3.8, 4) is 0 Å². The highest BCUT2D eigenvalue weighted by molar-refractivity contribution is 6.30. The number of hydrogen-bond acceptors (Lipinski definition) is 6. The normalized spacial score (nSPS) is 21.4. The third-order valence-electron chi connectivity index (χ3n) is 6.32. The molecule has 37 heavy (non-hydrogen) atoms. The van der Waals surface area contributed by atoms with E-state index >= 15 is 0 Å². The summed E-state index contributed by atoms with van der Waals surface area (Å²) in [5.41, 5.74) is 0.451. The van der Waals surface area contributed by atoms with Gasteiger partial charge in [0.25, 0.3) is 5.91 Å². The van der Waals surface area contributed by atoms with Gasteiger partial charge in [0, 0.05) is 5.02 Å². The Balaban J connectivity index is 1.53. The summed E-state index contributed by atoms with van der Waals surface area (Å²) in [6.45, 7) is 0. The van der Waals surface area contributed by atoms with Gasteiger partial charge in [0.2, 0.25) is 5.91 Å². The summed E-state index contributed by atoms with van der Waals surface area (Å²) in [4.78, 5) is 45.7. The SMILES string of the molecule is COC(=O)c1ccc(N2C(=O)[C@H]3[C@@H](ON(c4ccc(Cl)cc4)[C@H]3c3ccc(C(F)(F)F)cc3)C2=O)cc1. The summed E-state index contributed by atoms with van der Waals surface area (Å²) >= 11 is 5.99. The molecule has 2 aliphatic rings. The second kappa shape index (κ2) is 9.20. The number of ether oxygens (including phenoxy) is 1. The van der Waals surface area contributed by atoms with Gasteiger partial charge in [-0.1, -0.05) is 23.7 Å². The van der Waals surface area contributed by atoms with E-state index in [1.807, 2.05) is 0 Å². The van der Waals surface area contributed by atoms with Crippen molar-refractivity contribution in [2.45, 2.75) is 18.3 Å². The maximum absolute atomic E-state index is 13.6. The molecule has 0 aromatic heterocycles. The molecule has 0 bridgehead atoms. The van der Waals surface area contributed by atoms with E-state index in [1.54, 1.807) is 24.3 Å². The molecule has 2 heterocycles. The van der Waals surface area contributed by atoms with Crippen molar-refractivity contribution in [1.29, 1.82) is 0 Å². The Kier molecular flexibility index (Phi) is 6.17. The van der Waals surface area contributed by atoms with Crippen molar-refractivity contribution < 1.29 is 37.1 Å². The third kappa shape index (κ3) is 4.32. The lowest BCUT2D eigenvalue weighted by atomic mass is 9.90. The molecule has 0 N–H and O–H groups in total. The van der Waals surface area contributed by atoms with Crippen molar-refractivity contribution in [2.24, 2.45) is 5.92 Å². The van der Waals surface area contributed by atoms with Gasteiger partial charge >= 0.3 is 12.1 Å². The number of esters is 1. The van der Waals surface area contributed by atoms with Crippen LogP contribution in [0.1, 0.15) is 27.5 Å². The molecule has 0 unspecified atom stereocenters. The van der Waals surface area contributed by atoms with Gasteiger partial charge in [-0.25, -0.2) is 14.8 Å². The number of nitrogens with zero attached hydrogens (tertiary/aromatic N) is 2. The van der Waals surface area contributed by atoms with E-state index in [-0.39, 0.29) is 11.3 Å². The van der Waals surface area contributed by atoms with E-state index in [0.29, 0.717) is 16.3 Å². The van der Waals surface area contributed by atoms with Gasteiger partial charge in [-0.05, 0) is 66.2 Å². The fourth-order valence-electron chi connectivity index (χ4n) is 4.55. The van der Waals surface area contributed by atoms with Crippen molar-refractivity contribution in [2.75, 3.05) is 17.1 Å². The number of carbonyl (C=O) groups excluding carboxylic acids is 3. The molecular formula is C26H18ClF3N2O5. The summed E-state index contributed by atoms with van der Waals surface area (Å²) in [5.74, 6) is -2.83. The number of imide groups is 1.